The molecule has 2 aromatic heterocycles. The number of hydrogen-bond acceptors (Lipinski definition) is 3. The zero-order valence-electron chi connectivity index (χ0n) is 9.74. The van der Waals surface area contributed by atoms with E-state index in [2.05, 4.69) is 10.4 Å². The van der Waals surface area contributed by atoms with Gasteiger partial charge in [-0.05, 0) is 19.1 Å². The predicted molar refractivity (Wildman–Crippen MR) is 64.4 cm³/mol. The molecular formula is C11H15ClFN3O. The molecule has 0 radical (unpaired) electrons. The Morgan fingerprint density at radius 2 is 2.24 bits per heavy atom. The van der Waals surface area contributed by atoms with E-state index < -0.39 is 0 Å². The molecule has 0 unspecified atom stereocenters. The zero-order valence-corrected chi connectivity index (χ0v) is 10.6. The van der Waals surface area contributed by atoms with E-state index in [-0.39, 0.29) is 18.4 Å². The first-order valence-corrected chi connectivity index (χ1v) is 5.09. The molecule has 0 aromatic carbocycles. The van der Waals surface area contributed by atoms with Crippen molar-refractivity contribution in [2.45, 2.75) is 20.0 Å². The third-order valence-corrected chi connectivity index (χ3v) is 2.45. The molecule has 0 aliphatic rings. The fraction of sp³-hybridized carbons (Fsp3) is 0.364. The van der Waals surface area contributed by atoms with Crippen molar-refractivity contribution in [2.24, 2.45) is 7.05 Å². The molecule has 2 rings (SSSR count). The van der Waals surface area contributed by atoms with Crippen LogP contribution in [0.3, 0.4) is 0 Å². The summed E-state index contributed by atoms with van der Waals surface area (Å²) in [5.74, 6) is 0.548. The number of aromatic nitrogens is 2. The Hall–Kier alpha value is -1.33. The Morgan fingerprint density at radius 3 is 2.76 bits per heavy atom. The van der Waals surface area contributed by atoms with Crippen LogP contribution in [-0.2, 0) is 20.1 Å². The molecule has 0 aliphatic heterocycles. The van der Waals surface area contributed by atoms with E-state index in [9.17, 15) is 4.39 Å². The first kappa shape index (κ1) is 13.7. The van der Waals surface area contributed by atoms with Crippen LogP contribution in [0.25, 0.3) is 0 Å². The van der Waals surface area contributed by atoms with Crippen molar-refractivity contribution in [1.82, 2.24) is 15.1 Å². The van der Waals surface area contributed by atoms with Gasteiger partial charge in [0.1, 0.15) is 5.76 Å². The molecule has 94 valence electrons. The standard InChI is InChI=1S/C11H14FN3O.ClH/c1-8-10(11(12)15(2)14-8)7-13-6-9-4-3-5-16-9;/h3-5,13H,6-7H2,1-2H3;1H. The van der Waals surface area contributed by atoms with Crippen LogP contribution in [0, 0.1) is 12.9 Å². The summed E-state index contributed by atoms with van der Waals surface area (Å²) in [6, 6.07) is 3.70. The summed E-state index contributed by atoms with van der Waals surface area (Å²) in [7, 11) is 1.60. The molecule has 0 saturated carbocycles. The van der Waals surface area contributed by atoms with E-state index in [1.807, 2.05) is 12.1 Å². The summed E-state index contributed by atoms with van der Waals surface area (Å²) in [5, 5.41) is 7.12. The van der Waals surface area contributed by atoms with E-state index in [0.717, 1.165) is 5.76 Å². The minimum absolute atomic E-state index is 0. The average Bonchev–Trinajstić information content (AvgIpc) is 2.82. The van der Waals surface area contributed by atoms with Crippen molar-refractivity contribution >= 4 is 12.4 Å². The van der Waals surface area contributed by atoms with Gasteiger partial charge >= 0.3 is 0 Å². The fourth-order valence-electron chi connectivity index (χ4n) is 1.60. The van der Waals surface area contributed by atoms with E-state index in [1.54, 1.807) is 20.2 Å². The van der Waals surface area contributed by atoms with Crippen molar-refractivity contribution in [3.05, 3.63) is 41.4 Å². The molecule has 6 heteroatoms. The van der Waals surface area contributed by atoms with Gasteiger partial charge in [-0.2, -0.15) is 9.49 Å². The molecule has 2 aromatic rings. The molecule has 17 heavy (non-hydrogen) atoms. The molecule has 1 N–H and O–H groups in total. The Bertz CT molecular complexity index is 467. The number of aryl methyl sites for hydroxylation is 2. The lowest BCUT2D eigenvalue weighted by molar-refractivity contribution is 0.469. The van der Waals surface area contributed by atoms with Crippen LogP contribution >= 0.6 is 12.4 Å². The molecular weight excluding hydrogens is 245 g/mol. The summed E-state index contributed by atoms with van der Waals surface area (Å²) in [6.45, 7) is 2.83. The maximum Gasteiger partial charge on any atom is 0.215 e. The minimum Gasteiger partial charge on any atom is -0.468 e. The highest BCUT2D eigenvalue weighted by Crippen LogP contribution is 2.10. The van der Waals surface area contributed by atoms with Crippen molar-refractivity contribution in [3.8, 4) is 0 Å². The third kappa shape index (κ3) is 3.08. The first-order valence-electron chi connectivity index (χ1n) is 5.09. The second-order valence-corrected chi connectivity index (χ2v) is 3.66. The van der Waals surface area contributed by atoms with Gasteiger partial charge in [-0.25, -0.2) is 4.68 Å². The summed E-state index contributed by atoms with van der Waals surface area (Å²) >= 11 is 0. The highest BCUT2D eigenvalue weighted by atomic mass is 35.5. The molecule has 0 atom stereocenters. The topological polar surface area (TPSA) is 43.0 Å². The van der Waals surface area contributed by atoms with Crippen molar-refractivity contribution < 1.29 is 8.81 Å². The van der Waals surface area contributed by atoms with Crippen molar-refractivity contribution in [2.75, 3.05) is 0 Å². The quantitative estimate of drug-likeness (QED) is 0.915. The minimum atomic E-state index is -0.288. The number of furan rings is 1. The van der Waals surface area contributed by atoms with Gasteiger partial charge in [0.25, 0.3) is 0 Å². The summed E-state index contributed by atoms with van der Waals surface area (Å²) in [5.41, 5.74) is 1.32. The highest BCUT2D eigenvalue weighted by molar-refractivity contribution is 5.85. The van der Waals surface area contributed by atoms with Gasteiger partial charge in [0.2, 0.25) is 5.95 Å². The maximum atomic E-state index is 13.5. The summed E-state index contributed by atoms with van der Waals surface area (Å²) in [4.78, 5) is 0. The Balaban J connectivity index is 0.00000144. The number of halogens is 2. The van der Waals surface area contributed by atoms with Crippen LogP contribution in [0.15, 0.2) is 22.8 Å². The molecule has 4 nitrogen and oxygen atoms in total. The lowest BCUT2D eigenvalue weighted by atomic mass is 10.2. The molecule has 2 heterocycles. The predicted octanol–water partition coefficient (Wildman–Crippen LogP) is 2.17. The van der Waals surface area contributed by atoms with Crippen molar-refractivity contribution in [3.63, 3.8) is 0 Å². The number of hydrogen-bond donors (Lipinski definition) is 1. The summed E-state index contributed by atoms with van der Waals surface area (Å²) < 4.78 is 19.9. The fourth-order valence-corrected chi connectivity index (χ4v) is 1.60. The monoisotopic (exact) mass is 259 g/mol. The van der Waals surface area contributed by atoms with Gasteiger partial charge in [0.05, 0.1) is 18.5 Å². The Morgan fingerprint density at radius 1 is 1.47 bits per heavy atom. The van der Waals surface area contributed by atoms with Crippen LogP contribution in [0.1, 0.15) is 17.0 Å². The lowest BCUT2D eigenvalue weighted by Crippen LogP contribution is -2.13. The van der Waals surface area contributed by atoms with Crippen LogP contribution in [0.5, 0.6) is 0 Å². The van der Waals surface area contributed by atoms with E-state index in [0.29, 0.717) is 24.3 Å². The molecule has 0 aliphatic carbocycles. The number of rotatable bonds is 4. The summed E-state index contributed by atoms with van der Waals surface area (Å²) in [6.07, 6.45) is 1.62. The largest absolute Gasteiger partial charge is 0.468 e. The highest BCUT2D eigenvalue weighted by Gasteiger charge is 2.11. The van der Waals surface area contributed by atoms with Crippen molar-refractivity contribution in [1.29, 1.82) is 0 Å². The molecule has 0 fully saturated rings. The second kappa shape index (κ2) is 5.84. The third-order valence-electron chi connectivity index (χ3n) is 2.45. The average molecular weight is 260 g/mol. The molecule has 0 spiro atoms. The van der Waals surface area contributed by atoms with Gasteiger partial charge in [-0.3, -0.25) is 0 Å². The SMILES string of the molecule is Cc1nn(C)c(F)c1CNCc1ccco1.Cl. The van der Waals surface area contributed by atoms with Crippen LogP contribution in [-0.4, -0.2) is 9.78 Å². The smallest absolute Gasteiger partial charge is 0.215 e. The van der Waals surface area contributed by atoms with E-state index in [4.69, 9.17) is 4.42 Å². The normalized spacial score (nSPS) is 10.3. The van der Waals surface area contributed by atoms with E-state index >= 15 is 0 Å². The number of nitrogens with zero attached hydrogens (tertiary/aromatic N) is 2. The van der Waals surface area contributed by atoms with Crippen LogP contribution < -0.4 is 5.32 Å². The lowest BCUT2D eigenvalue weighted by Gasteiger charge is -2.01. The second-order valence-electron chi connectivity index (χ2n) is 3.66. The Labute approximate surface area is 105 Å². The van der Waals surface area contributed by atoms with Crippen LogP contribution in [0.2, 0.25) is 0 Å². The Kier molecular flexibility index (Phi) is 4.72. The molecule has 0 saturated heterocycles. The van der Waals surface area contributed by atoms with Crippen LogP contribution in [0.4, 0.5) is 4.39 Å². The van der Waals surface area contributed by atoms with Gasteiger partial charge in [-0.15, -0.1) is 12.4 Å². The van der Waals surface area contributed by atoms with E-state index in [1.165, 1.54) is 4.68 Å². The first-order chi connectivity index (χ1) is 7.68. The molecule has 0 amide bonds. The maximum absolute atomic E-state index is 13.5. The zero-order chi connectivity index (χ0) is 11.5. The van der Waals surface area contributed by atoms with Gasteiger partial charge in [-0.1, -0.05) is 0 Å². The van der Waals surface area contributed by atoms with Gasteiger partial charge < -0.3 is 9.73 Å². The van der Waals surface area contributed by atoms with Gasteiger partial charge in [0.15, 0.2) is 0 Å². The molecule has 0 bridgehead atoms. The van der Waals surface area contributed by atoms with Gasteiger partial charge in [0, 0.05) is 19.2 Å². The number of nitrogens with one attached hydrogen (secondary N) is 1.